The molecule has 0 fully saturated rings. The first-order chi connectivity index (χ1) is 8.58. The number of benzene rings is 2. The molecule has 0 spiro atoms. The Balaban J connectivity index is 2.22. The Kier molecular flexibility index (Phi) is 3.51. The van der Waals surface area contributed by atoms with Gasteiger partial charge >= 0.3 is 0 Å². The van der Waals surface area contributed by atoms with Crippen LogP contribution in [0.5, 0.6) is 5.75 Å². The van der Waals surface area contributed by atoms with E-state index in [9.17, 15) is 9.50 Å². The van der Waals surface area contributed by atoms with E-state index in [1.165, 1.54) is 6.07 Å². The lowest BCUT2D eigenvalue weighted by Gasteiger charge is -2.18. The molecule has 1 unspecified atom stereocenters. The highest BCUT2D eigenvalue weighted by atomic mass is 19.1. The van der Waals surface area contributed by atoms with Gasteiger partial charge in [0.25, 0.3) is 0 Å². The molecule has 0 heterocycles. The van der Waals surface area contributed by atoms with E-state index in [1.54, 1.807) is 6.07 Å². The van der Waals surface area contributed by atoms with Crippen molar-refractivity contribution in [3.05, 3.63) is 59.4 Å². The molecule has 0 aliphatic heterocycles. The molecule has 2 N–H and O–H groups in total. The van der Waals surface area contributed by atoms with Gasteiger partial charge in [-0.15, -0.1) is 0 Å². The molecule has 94 valence electrons. The predicted molar refractivity (Wildman–Crippen MR) is 71.3 cm³/mol. The molecule has 0 amide bonds. The van der Waals surface area contributed by atoms with Crippen molar-refractivity contribution in [3.8, 4) is 5.75 Å². The molecule has 2 aromatic rings. The summed E-state index contributed by atoms with van der Waals surface area (Å²) in [5, 5.41) is 13.0. The van der Waals surface area contributed by atoms with Crippen LogP contribution in [0.1, 0.15) is 24.1 Å². The Hall–Kier alpha value is -2.03. The normalized spacial score (nSPS) is 12.2. The molecule has 2 aromatic carbocycles. The molecular formula is C15H16FNO. The van der Waals surface area contributed by atoms with Gasteiger partial charge in [-0.1, -0.05) is 24.3 Å². The molecule has 0 aliphatic carbocycles. The fraction of sp³-hybridized carbons (Fsp3) is 0.200. The van der Waals surface area contributed by atoms with E-state index in [4.69, 9.17) is 0 Å². The van der Waals surface area contributed by atoms with Gasteiger partial charge in [0, 0.05) is 17.3 Å². The van der Waals surface area contributed by atoms with E-state index in [-0.39, 0.29) is 11.8 Å². The summed E-state index contributed by atoms with van der Waals surface area (Å²) in [5.74, 6) is -0.456. The van der Waals surface area contributed by atoms with Crippen LogP contribution in [0.4, 0.5) is 10.1 Å². The van der Waals surface area contributed by atoms with Crippen molar-refractivity contribution in [2.45, 2.75) is 19.9 Å². The summed E-state index contributed by atoms with van der Waals surface area (Å²) in [6.07, 6.45) is 0. The first-order valence-corrected chi connectivity index (χ1v) is 5.88. The number of halogens is 1. The van der Waals surface area contributed by atoms with Crippen LogP contribution >= 0.6 is 0 Å². The Bertz CT molecular complexity index is 554. The monoisotopic (exact) mass is 245 g/mol. The van der Waals surface area contributed by atoms with Gasteiger partial charge in [0.15, 0.2) is 0 Å². The number of hydrogen-bond acceptors (Lipinski definition) is 2. The molecule has 3 heteroatoms. The summed E-state index contributed by atoms with van der Waals surface area (Å²) in [5.41, 5.74) is 2.82. The second-order valence-electron chi connectivity index (χ2n) is 4.38. The molecule has 0 saturated carbocycles. The molecule has 0 aliphatic rings. The van der Waals surface area contributed by atoms with Crippen molar-refractivity contribution < 1.29 is 9.50 Å². The lowest BCUT2D eigenvalue weighted by molar-refractivity contribution is 0.459. The zero-order chi connectivity index (χ0) is 13.1. The highest BCUT2D eigenvalue weighted by Gasteiger charge is 2.11. The maximum absolute atomic E-state index is 12.9. The van der Waals surface area contributed by atoms with E-state index in [1.807, 2.05) is 38.1 Å². The molecule has 1 atom stereocenters. The van der Waals surface area contributed by atoms with Crippen LogP contribution in [-0.4, -0.2) is 5.11 Å². The third kappa shape index (κ3) is 2.62. The largest absolute Gasteiger partial charge is 0.507 e. The summed E-state index contributed by atoms with van der Waals surface area (Å²) in [6.45, 7) is 3.94. The van der Waals surface area contributed by atoms with Crippen LogP contribution in [0.15, 0.2) is 42.5 Å². The summed E-state index contributed by atoms with van der Waals surface area (Å²) in [7, 11) is 0. The lowest BCUT2D eigenvalue weighted by Crippen LogP contribution is -2.07. The standard InChI is InChI=1S/C15H16FNO/c1-10-5-3-4-6-14(10)17-11(2)13-8-7-12(16)9-15(13)18/h3-9,11,17-18H,1-2H3. The van der Waals surface area contributed by atoms with Gasteiger partial charge in [-0.05, 0) is 31.5 Å². The Morgan fingerprint density at radius 2 is 1.89 bits per heavy atom. The smallest absolute Gasteiger partial charge is 0.126 e. The third-order valence-electron chi connectivity index (χ3n) is 2.98. The van der Waals surface area contributed by atoms with Gasteiger partial charge in [-0.3, -0.25) is 0 Å². The summed E-state index contributed by atoms with van der Waals surface area (Å²) >= 11 is 0. The number of phenolic OH excluding ortho intramolecular Hbond substituents is 1. The van der Waals surface area contributed by atoms with Gasteiger partial charge in [0.2, 0.25) is 0 Å². The second kappa shape index (κ2) is 5.08. The van der Waals surface area contributed by atoms with Crippen molar-refractivity contribution in [3.63, 3.8) is 0 Å². The fourth-order valence-corrected chi connectivity index (χ4v) is 1.93. The zero-order valence-corrected chi connectivity index (χ0v) is 10.4. The number of aryl methyl sites for hydroxylation is 1. The minimum Gasteiger partial charge on any atom is -0.507 e. The van der Waals surface area contributed by atoms with E-state index < -0.39 is 5.82 Å². The number of hydrogen-bond donors (Lipinski definition) is 2. The molecular weight excluding hydrogens is 229 g/mol. The SMILES string of the molecule is Cc1ccccc1NC(C)c1ccc(F)cc1O. The van der Waals surface area contributed by atoms with Crippen molar-refractivity contribution in [1.82, 2.24) is 0 Å². The van der Waals surface area contributed by atoms with E-state index in [2.05, 4.69) is 5.32 Å². The van der Waals surface area contributed by atoms with Crippen molar-refractivity contribution in [1.29, 1.82) is 0 Å². The number of rotatable bonds is 3. The van der Waals surface area contributed by atoms with Crippen LogP contribution in [0.2, 0.25) is 0 Å². The first-order valence-electron chi connectivity index (χ1n) is 5.88. The molecule has 2 rings (SSSR count). The average Bonchev–Trinajstić information content (AvgIpc) is 2.32. The highest BCUT2D eigenvalue weighted by Crippen LogP contribution is 2.28. The van der Waals surface area contributed by atoms with Gasteiger partial charge < -0.3 is 10.4 Å². The van der Waals surface area contributed by atoms with Crippen LogP contribution in [0.3, 0.4) is 0 Å². The number of aromatic hydroxyl groups is 1. The minimum atomic E-state index is -0.431. The second-order valence-corrected chi connectivity index (χ2v) is 4.38. The van der Waals surface area contributed by atoms with Crippen LogP contribution in [0.25, 0.3) is 0 Å². The van der Waals surface area contributed by atoms with Gasteiger partial charge in [0.1, 0.15) is 11.6 Å². The zero-order valence-electron chi connectivity index (χ0n) is 10.4. The van der Waals surface area contributed by atoms with Gasteiger partial charge in [-0.25, -0.2) is 4.39 Å². The molecule has 0 radical (unpaired) electrons. The third-order valence-corrected chi connectivity index (χ3v) is 2.98. The summed E-state index contributed by atoms with van der Waals surface area (Å²) < 4.78 is 12.9. The molecule has 18 heavy (non-hydrogen) atoms. The Labute approximate surface area is 106 Å². The maximum Gasteiger partial charge on any atom is 0.126 e. The van der Waals surface area contributed by atoms with Crippen LogP contribution in [-0.2, 0) is 0 Å². The highest BCUT2D eigenvalue weighted by molar-refractivity contribution is 5.52. The van der Waals surface area contributed by atoms with Crippen LogP contribution in [0, 0.1) is 12.7 Å². The van der Waals surface area contributed by atoms with E-state index >= 15 is 0 Å². The summed E-state index contributed by atoms with van der Waals surface area (Å²) in [6, 6.07) is 11.9. The van der Waals surface area contributed by atoms with E-state index in [0.29, 0.717) is 5.56 Å². The average molecular weight is 245 g/mol. The van der Waals surface area contributed by atoms with Gasteiger partial charge in [0.05, 0.1) is 6.04 Å². The maximum atomic E-state index is 12.9. The topological polar surface area (TPSA) is 32.3 Å². The first kappa shape index (κ1) is 12.4. The molecule has 0 bridgehead atoms. The molecule has 2 nitrogen and oxygen atoms in total. The molecule has 0 aromatic heterocycles. The van der Waals surface area contributed by atoms with Crippen molar-refractivity contribution >= 4 is 5.69 Å². The lowest BCUT2D eigenvalue weighted by atomic mass is 10.1. The Morgan fingerprint density at radius 1 is 1.17 bits per heavy atom. The fourth-order valence-electron chi connectivity index (χ4n) is 1.93. The van der Waals surface area contributed by atoms with E-state index in [0.717, 1.165) is 17.3 Å². The number of phenols is 1. The van der Waals surface area contributed by atoms with Gasteiger partial charge in [-0.2, -0.15) is 0 Å². The summed E-state index contributed by atoms with van der Waals surface area (Å²) in [4.78, 5) is 0. The minimum absolute atomic E-state index is 0.0245. The molecule has 0 saturated heterocycles. The number of nitrogens with one attached hydrogen (secondary N) is 1. The van der Waals surface area contributed by atoms with Crippen molar-refractivity contribution in [2.24, 2.45) is 0 Å². The van der Waals surface area contributed by atoms with Crippen molar-refractivity contribution in [2.75, 3.05) is 5.32 Å². The number of para-hydroxylation sites is 1. The Morgan fingerprint density at radius 3 is 2.56 bits per heavy atom. The van der Waals surface area contributed by atoms with Crippen LogP contribution < -0.4 is 5.32 Å². The number of anilines is 1. The predicted octanol–water partition coefficient (Wildman–Crippen LogP) is 4.01. The quantitative estimate of drug-likeness (QED) is 0.856.